The number of methoxy groups -OCH3 is 4. The van der Waals surface area contributed by atoms with Crippen LogP contribution in [0.1, 0.15) is 82.7 Å². The maximum absolute atomic E-state index is 15.8. The minimum atomic E-state index is -2.38. The van der Waals surface area contributed by atoms with Crippen molar-refractivity contribution in [1.29, 1.82) is 0 Å². The number of H-pyrrole nitrogens is 1. The summed E-state index contributed by atoms with van der Waals surface area (Å²) in [5.74, 6) is -3.29. The Bertz CT molecular complexity index is 2740. The molecule has 6 heterocycles. The molecular weight excluding hydrogens is 883 g/mol. The van der Waals surface area contributed by atoms with Crippen LogP contribution in [0.4, 0.5) is 5.69 Å². The predicted molar refractivity (Wildman–Crippen MR) is 256 cm³/mol. The van der Waals surface area contributed by atoms with Gasteiger partial charge < -0.3 is 48.9 Å². The molecule has 69 heavy (non-hydrogen) atoms. The van der Waals surface area contributed by atoms with Crippen LogP contribution in [0, 0.1) is 11.3 Å². The number of hydrogen-bond acceptors (Lipinski definition) is 14. The van der Waals surface area contributed by atoms with Gasteiger partial charge in [0.2, 0.25) is 5.60 Å². The predicted octanol–water partition coefficient (Wildman–Crippen LogP) is 4.75. The molecule has 1 aromatic heterocycles. The van der Waals surface area contributed by atoms with Crippen LogP contribution in [0.5, 0.6) is 5.75 Å². The number of benzene rings is 2. The molecular formula is C53H65N5O11. The van der Waals surface area contributed by atoms with E-state index in [-0.39, 0.29) is 36.7 Å². The van der Waals surface area contributed by atoms with E-state index in [0.717, 1.165) is 16.5 Å². The zero-order valence-corrected chi connectivity index (χ0v) is 41.3. The van der Waals surface area contributed by atoms with E-state index >= 15 is 4.79 Å². The number of rotatable bonds is 10. The van der Waals surface area contributed by atoms with Crippen LogP contribution >= 0.6 is 0 Å². The molecule has 0 radical (unpaired) electrons. The number of aromatic amines is 1. The number of hydrogen-bond donors (Lipinski definition) is 3. The van der Waals surface area contributed by atoms with Crippen molar-refractivity contribution in [3.8, 4) is 5.75 Å². The third-order valence-corrected chi connectivity index (χ3v) is 16.3. The fourth-order valence-corrected chi connectivity index (χ4v) is 14.0. The van der Waals surface area contributed by atoms with E-state index < -0.39 is 75.7 Å². The Morgan fingerprint density at radius 3 is 2.36 bits per heavy atom. The first kappa shape index (κ1) is 47.9. The van der Waals surface area contributed by atoms with Gasteiger partial charge in [-0.15, -0.1) is 0 Å². The summed E-state index contributed by atoms with van der Waals surface area (Å²) in [6.45, 7) is 10.9. The molecule has 9 rings (SSSR count). The van der Waals surface area contributed by atoms with E-state index in [1.807, 2.05) is 93.1 Å². The van der Waals surface area contributed by atoms with Crippen molar-refractivity contribution in [3.05, 3.63) is 93.9 Å². The monoisotopic (exact) mass is 947 g/mol. The van der Waals surface area contributed by atoms with Crippen molar-refractivity contribution in [2.75, 3.05) is 66.6 Å². The lowest BCUT2D eigenvalue weighted by molar-refractivity contribution is -0.228. The topological polar surface area (TPSA) is 189 Å². The highest BCUT2D eigenvalue weighted by Crippen LogP contribution is 2.68. The molecule has 5 aliphatic heterocycles. The molecule has 3 aromatic rings. The van der Waals surface area contributed by atoms with Gasteiger partial charge in [0.05, 0.1) is 40.1 Å². The van der Waals surface area contributed by atoms with Crippen LogP contribution in [-0.2, 0) is 60.2 Å². The number of nitrogens with zero attached hydrogens (tertiary/aromatic N) is 3. The number of aliphatic hydroxyl groups is 1. The van der Waals surface area contributed by atoms with Crippen molar-refractivity contribution < 1.29 is 52.8 Å². The molecule has 2 bridgehead atoms. The number of carbonyl (C=O) groups is 5. The molecule has 368 valence electrons. The largest absolute Gasteiger partial charge is 0.496 e. The first-order chi connectivity index (χ1) is 33.0. The molecule has 0 unspecified atom stereocenters. The first-order valence-electron chi connectivity index (χ1n) is 24.1. The lowest BCUT2D eigenvalue weighted by Crippen LogP contribution is -2.81. The average Bonchev–Trinajstić information content (AvgIpc) is 3.99. The lowest BCUT2D eigenvalue weighted by Gasteiger charge is -2.63. The summed E-state index contributed by atoms with van der Waals surface area (Å²) in [5, 5.41) is 17.3. The summed E-state index contributed by atoms with van der Waals surface area (Å²) in [5.41, 5.74) is -1.08. The maximum Gasteiger partial charge on any atom is 0.344 e. The molecule has 8 atom stereocenters. The van der Waals surface area contributed by atoms with Gasteiger partial charge in [-0.05, 0) is 75.3 Å². The van der Waals surface area contributed by atoms with E-state index in [0.29, 0.717) is 72.7 Å². The molecule has 16 nitrogen and oxygen atoms in total. The van der Waals surface area contributed by atoms with Gasteiger partial charge in [-0.3, -0.25) is 19.3 Å². The zero-order valence-electron chi connectivity index (χ0n) is 41.3. The first-order valence-corrected chi connectivity index (χ1v) is 24.1. The molecule has 1 saturated carbocycles. The van der Waals surface area contributed by atoms with E-state index in [1.165, 1.54) is 28.3 Å². The average molecular weight is 948 g/mol. The van der Waals surface area contributed by atoms with Crippen LogP contribution in [0.15, 0.2) is 71.5 Å². The Balaban J connectivity index is 1.40. The standard InChI is InChI=1S/C53H65N5O11/c1-11-31-22-32-26-52(48(62)67-9,42-34(33-16-13-14-17-38(33)55-42)23-35(44(61)66-8)41(58(27-31)28-32)43(60)54-29(3)4)37-24-36-39(25-40(37)65-7)56(6)46-51(36)19-21-57-20-15-18-50(12-2,45(51)57)47(69-30(5)59)53(46,64)49(63)68-10/h13-18,22,24-25,29,32,45-47,55,64H,11-12,19-21,23,26-28H2,1-10H3,(H,54,60)/b41-35+/t32-,45-,46+,47+,50+,51+,52-,53-/m0/s1. The number of fused-ring (bicyclic) bond motifs is 6. The number of carbonyl (C=O) groups excluding carboxylic acids is 5. The number of esters is 4. The highest BCUT2D eigenvalue weighted by Gasteiger charge is 2.80. The minimum absolute atomic E-state index is 0.0912. The van der Waals surface area contributed by atoms with Gasteiger partial charge in [0.1, 0.15) is 16.9 Å². The summed E-state index contributed by atoms with van der Waals surface area (Å²) in [4.78, 5) is 82.2. The number of para-hydroxylation sites is 1. The van der Waals surface area contributed by atoms with E-state index in [1.54, 1.807) is 7.11 Å². The molecule has 1 spiro atoms. The summed E-state index contributed by atoms with van der Waals surface area (Å²) in [7, 11) is 7.27. The Kier molecular flexibility index (Phi) is 12.1. The van der Waals surface area contributed by atoms with Crippen molar-refractivity contribution in [3.63, 3.8) is 0 Å². The fourth-order valence-electron chi connectivity index (χ4n) is 14.0. The highest BCUT2D eigenvalue weighted by molar-refractivity contribution is 6.04. The third-order valence-electron chi connectivity index (χ3n) is 16.3. The van der Waals surface area contributed by atoms with E-state index in [9.17, 15) is 24.3 Å². The number of anilines is 1. The Morgan fingerprint density at radius 1 is 0.971 bits per heavy atom. The van der Waals surface area contributed by atoms with Gasteiger partial charge >= 0.3 is 23.9 Å². The van der Waals surface area contributed by atoms with Gasteiger partial charge in [0, 0.05) is 96.9 Å². The second-order valence-corrected chi connectivity index (χ2v) is 20.0. The Morgan fingerprint density at radius 2 is 1.71 bits per heavy atom. The van der Waals surface area contributed by atoms with E-state index in [4.69, 9.17) is 23.7 Å². The van der Waals surface area contributed by atoms with Gasteiger partial charge in [0.25, 0.3) is 5.91 Å². The second-order valence-electron chi connectivity index (χ2n) is 20.0. The lowest BCUT2D eigenvalue weighted by atomic mass is 9.47. The number of nitrogens with one attached hydrogen (secondary N) is 2. The quantitative estimate of drug-likeness (QED) is 0.144. The van der Waals surface area contributed by atoms with Crippen molar-refractivity contribution in [2.24, 2.45) is 11.3 Å². The molecule has 6 aliphatic rings. The SMILES string of the molecule is CCC1=C[C@@H]2CN(C1)/C(C(=O)NC(C)C)=C(/C(=O)OC)Cc1c([nH]c3ccccc13)[C@@](C(=O)OC)(c1cc3c(cc1OC)N(C)[C@H]1[C@@](O)(C(=O)OC)[C@H](OC(C)=O)[C@]4(CC)C=CCN5CC[C@]31[C@@H]54)C2. The third kappa shape index (κ3) is 6.70. The molecule has 2 aromatic carbocycles. The van der Waals surface area contributed by atoms with Crippen LogP contribution < -0.4 is 15.0 Å². The number of likely N-dealkylation sites (N-methyl/N-ethyl adjacent to an activating group) is 1. The summed E-state index contributed by atoms with van der Waals surface area (Å²) in [6, 6.07) is 9.89. The maximum atomic E-state index is 15.8. The number of aromatic nitrogens is 1. The van der Waals surface area contributed by atoms with Crippen molar-refractivity contribution >= 4 is 46.4 Å². The number of amides is 1. The smallest absolute Gasteiger partial charge is 0.344 e. The normalized spacial score (nSPS) is 31.2. The molecule has 3 N–H and O–H groups in total. The van der Waals surface area contributed by atoms with Gasteiger partial charge in [-0.2, -0.15) is 0 Å². The van der Waals surface area contributed by atoms with Crippen LogP contribution in [0.25, 0.3) is 10.9 Å². The molecule has 1 amide bonds. The van der Waals surface area contributed by atoms with E-state index in [2.05, 4.69) is 21.3 Å². The zero-order chi connectivity index (χ0) is 49.5. The highest BCUT2D eigenvalue weighted by atomic mass is 16.6. The van der Waals surface area contributed by atoms with Gasteiger partial charge in [0.15, 0.2) is 6.10 Å². The Hall–Kier alpha value is -6.13. The van der Waals surface area contributed by atoms with Crippen molar-refractivity contribution in [1.82, 2.24) is 20.1 Å². The summed E-state index contributed by atoms with van der Waals surface area (Å²) < 4.78 is 29.7. The van der Waals surface area contributed by atoms with Gasteiger partial charge in [-0.25, -0.2) is 9.59 Å². The fraction of sp³-hybridized carbons (Fsp3) is 0.528. The summed E-state index contributed by atoms with van der Waals surface area (Å²) >= 11 is 0. The molecule has 2 fully saturated rings. The summed E-state index contributed by atoms with van der Waals surface area (Å²) in [6.07, 6.45) is 6.49. The van der Waals surface area contributed by atoms with Gasteiger partial charge in [-0.1, -0.05) is 55.8 Å². The molecule has 1 saturated heterocycles. The molecule has 16 heteroatoms. The van der Waals surface area contributed by atoms with Crippen LogP contribution in [-0.4, -0.2) is 141 Å². The van der Waals surface area contributed by atoms with Crippen molar-refractivity contribution in [2.45, 2.75) is 107 Å². The Labute approximate surface area is 403 Å². The van der Waals surface area contributed by atoms with Crippen LogP contribution in [0.3, 0.4) is 0 Å². The number of ether oxygens (including phenoxy) is 5. The molecule has 1 aliphatic carbocycles. The van der Waals surface area contributed by atoms with Crippen LogP contribution in [0.2, 0.25) is 0 Å². The minimum Gasteiger partial charge on any atom is -0.496 e. The second kappa shape index (κ2) is 17.4.